The zero-order valence-corrected chi connectivity index (χ0v) is 13.1. The van der Waals surface area contributed by atoms with E-state index < -0.39 is 0 Å². The third kappa shape index (κ3) is 5.04. The Morgan fingerprint density at radius 3 is 2.43 bits per heavy atom. The molecule has 0 bridgehead atoms. The van der Waals surface area contributed by atoms with E-state index in [1.165, 1.54) is 5.56 Å². The van der Waals surface area contributed by atoms with Crippen LogP contribution in [0.1, 0.15) is 11.3 Å². The Hall–Kier alpha value is -2.14. The molecule has 0 amide bonds. The summed E-state index contributed by atoms with van der Waals surface area (Å²) in [6, 6.07) is 10.1. The van der Waals surface area contributed by atoms with Crippen molar-refractivity contribution in [3.8, 4) is 0 Å². The molecule has 2 rings (SSSR count). The van der Waals surface area contributed by atoms with E-state index in [-0.39, 0.29) is 0 Å². The first-order valence-corrected chi connectivity index (χ1v) is 7.11. The number of aromatic nitrogens is 2. The van der Waals surface area contributed by atoms with Gasteiger partial charge in [-0.3, -0.25) is 0 Å². The molecule has 0 fully saturated rings. The van der Waals surface area contributed by atoms with Crippen LogP contribution < -0.4 is 10.6 Å². The minimum absolute atomic E-state index is 0.617. The highest BCUT2D eigenvalue weighted by molar-refractivity contribution is 5.55. The third-order valence-corrected chi connectivity index (χ3v) is 3.03. The summed E-state index contributed by atoms with van der Waals surface area (Å²) in [5.74, 6) is 1.46. The molecule has 0 saturated heterocycles. The highest BCUT2D eigenvalue weighted by atomic mass is 15.2. The fourth-order valence-electron chi connectivity index (χ4n) is 1.89. The summed E-state index contributed by atoms with van der Waals surface area (Å²) < 4.78 is 0. The van der Waals surface area contributed by atoms with E-state index >= 15 is 0 Å². The van der Waals surface area contributed by atoms with Gasteiger partial charge in [-0.05, 0) is 40.1 Å². The molecule has 2 N–H and O–H groups in total. The maximum absolute atomic E-state index is 4.50. The van der Waals surface area contributed by atoms with Crippen molar-refractivity contribution in [1.29, 1.82) is 0 Å². The van der Waals surface area contributed by atoms with Gasteiger partial charge in [-0.2, -0.15) is 4.98 Å². The molecular formula is C16H23N5. The smallest absolute Gasteiger partial charge is 0.229 e. The Labute approximate surface area is 126 Å². The molecule has 0 radical (unpaired) electrons. The molecule has 0 aliphatic heterocycles. The molecule has 0 aliphatic rings. The summed E-state index contributed by atoms with van der Waals surface area (Å²) in [5, 5.41) is 6.56. The lowest BCUT2D eigenvalue weighted by atomic mass is 10.2. The zero-order valence-electron chi connectivity index (χ0n) is 13.1. The van der Waals surface area contributed by atoms with Gasteiger partial charge >= 0.3 is 0 Å². The molecule has 0 aliphatic carbocycles. The fraction of sp³-hybridized carbons (Fsp3) is 0.375. The lowest BCUT2D eigenvalue weighted by Crippen LogP contribution is -2.21. The highest BCUT2D eigenvalue weighted by Crippen LogP contribution is 2.16. The quantitative estimate of drug-likeness (QED) is 0.855. The second kappa shape index (κ2) is 7.04. The van der Waals surface area contributed by atoms with Gasteiger partial charge in [0.15, 0.2) is 0 Å². The molecule has 0 unspecified atom stereocenters. The lowest BCUT2D eigenvalue weighted by Gasteiger charge is -2.12. The summed E-state index contributed by atoms with van der Waals surface area (Å²) in [6.45, 7) is 5.86. The number of aryl methyl sites for hydroxylation is 2. The van der Waals surface area contributed by atoms with E-state index in [0.29, 0.717) is 5.95 Å². The van der Waals surface area contributed by atoms with Crippen LogP contribution in [0.5, 0.6) is 0 Å². The Kier molecular flexibility index (Phi) is 5.11. The van der Waals surface area contributed by atoms with Gasteiger partial charge in [0.05, 0.1) is 0 Å². The van der Waals surface area contributed by atoms with E-state index in [0.717, 1.165) is 30.3 Å². The molecular weight excluding hydrogens is 262 g/mol. The van der Waals surface area contributed by atoms with Crippen LogP contribution in [0.3, 0.4) is 0 Å². The van der Waals surface area contributed by atoms with Gasteiger partial charge in [-0.15, -0.1) is 0 Å². The molecule has 1 aromatic carbocycles. The van der Waals surface area contributed by atoms with Crippen molar-refractivity contribution in [1.82, 2.24) is 14.9 Å². The van der Waals surface area contributed by atoms with Crippen molar-refractivity contribution in [2.45, 2.75) is 13.8 Å². The number of likely N-dealkylation sites (N-methyl/N-ethyl adjacent to an activating group) is 1. The van der Waals surface area contributed by atoms with Crippen LogP contribution in [0.4, 0.5) is 17.5 Å². The van der Waals surface area contributed by atoms with E-state index in [4.69, 9.17) is 0 Å². The van der Waals surface area contributed by atoms with E-state index in [1.54, 1.807) is 0 Å². The Morgan fingerprint density at radius 1 is 1.05 bits per heavy atom. The Bertz CT molecular complexity index is 578. The monoisotopic (exact) mass is 285 g/mol. The normalized spacial score (nSPS) is 10.7. The lowest BCUT2D eigenvalue weighted by molar-refractivity contribution is 0.425. The average Bonchev–Trinajstić information content (AvgIpc) is 2.40. The van der Waals surface area contributed by atoms with Crippen molar-refractivity contribution < 1.29 is 0 Å². The maximum Gasteiger partial charge on any atom is 0.229 e. The van der Waals surface area contributed by atoms with Crippen LogP contribution >= 0.6 is 0 Å². The van der Waals surface area contributed by atoms with Crippen LogP contribution in [0, 0.1) is 13.8 Å². The molecule has 5 heteroatoms. The molecule has 21 heavy (non-hydrogen) atoms. The van der Waals surface area contributed by atoms with Crippen molar-refractivity contribution >= 4 is 17.5 Å². The minimum atomic E-state index is 0.617. The van der Waals surface area contributed by atoms with Crippen LogP contribution in [0.15, 0.2) is 30.3 Å². The second-order valence-corrected chi connectivity index (χ2v) is 5.44. The van der Waals surface area contributed by atoms with Gasteiger partial charge in [0.25, 0.3) is 0 Å². The third-order valence-electron chi connectivity index (χ3n) is 3.03. The van der Waals surface area contributed by atoms with Crippen molar-refractivity contribution in [2.24, 2.45) is 0 Å². The number of nitrogens with one attached hydrogen (secondary N) is 2. The Morgan fingerprint density at radius 2 is 1.76 bits per heavy atom. The van der Waals surface area contributed by atoms with Crippen LogP contribution in [0.2, 0.25) is 0 Å². The molecule has 1 aromatic heterocycles. The molecule has 2 aromatic rings. The zero-order chi connectivity index (χ0) is 15.2. The molecule has 112 valence electrons. The number of hydrogen-bond donors (Lipinski definition) is 2. The van der Waals surface area contributed by atoms with Gasteiger partial charge < -0.3 is 15.5 Å². The summed E-state index contributed by atoms with van der Waals surface area (Å²) >= 11 is 0. The average molecular weight is 285 g/mol. The number of nitrogens with zero attached hydrogens (tertiary/aromatic N) is 3. The molecule has 1 heterocycles. The summed E-state index contributed by atoms with van der Waals surface area (Å²) in [7, 11) is 4.11. The van der Waals surface area contributed by atoms with Crippen molar-refractivity contribution in [3.63, 3.8) is 0 Å². The molecule has 0 spiro atoms. The van der Waals surface area contributed by atoms with Gasteiger partial charge in [0.2, 0.25) is 5.95 Å². The van der Waals surface area contributed by atoms with Gasteiger partial charge in [0, 0.05) is 30.5 Å². The number of benzene rings is 1. The number of rotatable bonds is 6. The first-order chi connectivity index (χ1) is 10.0. The summed E-state index contributed by atoms with van der Waals surface area (Å²) in [4.78, 5) is 11.0. The fourth-order valence-corrected chi connectivity index (χ4v) is 1.89. The predicted octanol–water partition coefficient (Wildman–Crippen LogP) is 2.81. The van der Waals surface area contributed by atoms with E-state index in [9.17, 15) is 0 Å². The largest absolute Gasteiger partial charge is 0.369 e. The van der Waals surface area contributed by atoms with Crippen LogP contribution in [-0.2, 0) is 0 Å². The number of hydrogen-bond acceptors (Lipinski definition) is 5. The van der Waals surface area contributed by atoms with Gasteiger partial charge in [-0.1, -0.05) is 17.7 Å². The van der Waals surface area contributed by atoms with Crippen molar-refractivity contribution in [3.05, 3.63) is 41.6 Å². The maximum atomic E-state index is 4.50. The van der Waals surface area contributed by atoms with Gasteiger partial charge in [0.1, 0.15) is 5.82 Å². The highest BCUT2D eigenvalue weighted by Gasteiger charge is 2.03. The molecule has 5 nitrogen and oxygen atoms in total. The molecule has 0 saturated carbocycles. The van der Waals surface area contributed by atoms with Crippen LogP contribution in [0.25, 0.3) is 0 Å². The van der Waals surface area contributed by atoms with Gasteiger partial charge in [-0.25, -0.2) is 4.98 Å². The first kappa shape index (κ1) is 15.3. The molecule has 0 atom stereocenters. The standard InChI is InChI=1S/C16H23N5/c1-12-5-7-14(8-6-12)19-16-18-13(2)11-15(20-16)17-9-10-21(3)4/h5-8,11H,9-10H2,1-4H3,(H2,17,18,19,20). The summed E-state index contributed by atoms with van der Waals surface area (Å²) in [5.41, 5.74) is 3.16. The first-order valence-electron chi connectivity index (χ1n) is 7.11. The Balaban J connectivity index is 2.05. The van der Waals surface area contributed by atoms with Crippen molar-refractivity contribution in [2.75, 3.05) is 37.8 Å². The second-order valence-electron chi connectivity index (χ2n) is 5.44. The van der Waals surface area contributed by atoms with E-state index in [2.05, 4.69) is 58.7 Å². The predicted molar refractivity (Wildman–Crippen MR) is 88.3 cm³/mol. The minimum Gasteiger partial charge on any atom is -0.369 e. The summed E-state index contributed by atoms with van der Waals surface area (Å²) in [6.07, 6.45) is 0. The topological polar surface area (TPSA) is 53.1 Å². The SMILES string of the molecule is Cc1ccc(Nc2nc(C)cc(NCCN(C)C)n2)cc1. The van der Waals surface area contributed by atoms with E-state index in [1.807, 2.05) is 25.1 Å². The van der Waals surface area contributed by atoms with Crippen LogP contribution in [-0.4, -0.2) is 42.1 Å². The number of anilines is 3.